The van der Waals surface area contributed by atoms with Crippen molar-refractivity contribution in [2.45, 2.75) is 19.5 Å². The van der Waals surface area contributed by atoms with Gasteiger partial charge in [-0.05, 0) is 36.6 Å². The van der Waals surface area contributed by atoms with Crippen LogP contribution in [0.1, 0.15) is 11.1 Å². The van der Waals surface area contributed by atoms with Crippen LogP contribution in [-0.4, -0.2) is 24.9 Å². The Morgan fingerprint density at radius 3 is 2.42 bits per heavy atom. The second kappa shape index (κ2) is 7.75. The Labute approximate surface area is 143 Å². The maximum atomic E-state index is 13.3. The number of hydrogen-bond acceptors (Lipinski definition) is 3. The highest BCUT2D eigenvalue weighted by atomic mass is 35.5. The fraction of sp³-hybridized carbons (Fsp3) is 0.353. The van der Waals surface area contributed by atoms with Crippen molar-refractivity contribution in [3.8, 4) is 11.6 Å². The van der Waals surface area contributed by atoms with Crippen LogP contribution >= 0.6 is 11.6 Å². The van der Waals surface area contributed by atoms with Gasteiger partial charge in [-0.3, -0.25) is 0 Å². The third-order valence-electron chi connectivity index (χ3n) is 3.55. The molecule has 0 spiro atoms. The number of aromatic nitrogens is 1. The number of aryl methyl sites for hydroxylation is 1. The summed E-state index contributed by atoms with van der Waals surface area (Å²) in [6, 6.07) is 7.92. The van der Waals surface area contributed by atoms with Crippen molar-refractivity contribution in [1.29, 1.82) is 0 Å². The van der Waals surface area contributed by atoms with Crippen molar-refractivity contribution in [2.75, 3.05) is 13.7 Å². The maximum Gasteiger partial charge on any atom is 0.395 e. The summed E-state index contributed by atoms with van der Waals surface area (Å²) in [7, 11) is 1.47. The van der Waals surface area contributed by atoms with E-state index in [1.165, 1.54) is 13.3 Å². The summed E-state index contributed by atoms with van der Waals surface area (Å²) in [4.78, 5) is 3.95. The number of pyridine rings is 1. The maximum absolute atomic E-state index is 13.3. The van der Waals surface area contributed by atoms with Crippen LogP contribution in [0.4, 0.5) is 13.2 Å². The second-order valence-corrected chi connectivity index (χ2v) is 5.81. The summed E-state index contributed by atoms with van der Waals surface area (Å²) >= 11 is 5.76. The molecule has 1 heterocycles. The van der Waals surface area contributed by atoms with Crippen LogP contribution in [0.5, 0.6) is 11.6 Å². The first kappa shape index (κ1) is 18.4. The van der Waals surface area contributed by atoms with Crippen molar-refractivity contribution in [3.05, 3.63) is 52.7 Å². The number of nitrogens with zero attached hydrogens (tertiary/aromatic N) is 1. The number of benzene rings is 1. The van der Waals surface area contributed by atoms with Crippen LogP contribution in [0.3, 0.4) is 0 Å². The molecule has 0 N–H and O–H groups in total. The molecule has 0 radical (unpaired) electrons. The summed E-state index contributed by atoms with van der Waals surface area (Å²) < 4.78 is 50.1. The number of rotatable bonds is 6. The highest BCUT2D eigenvalue weighted by Gasteiger charge is 2.40. The first-order valence-corrected chi connectivity index (χ1v) is 7.62. The zero-order valence-corrected chi connectivity index (χ0v) is 14.0. The molecule has 0 aliphatic rings. The first-order valence-electron chi connectivity index (χ1n) is 7.24. The Morgan fingerprint density at radius 2 is 1.88 bits per heavy atom. The Kier molecular flexibility index (Phi) is 5.94. The molecule has 0 aliphatic carbocycles. The molecule has 1 aromatic heterocycles. The minimum atomic E-state index is -4.37. The Bertz CT molecular complexity index is 675. The van der Waals surface area contributed by atoms with Crippen molar-refractivity contribution < 1.29 is 22.6 Å². The molecule has 3 nitrogen and oxygen atoms in total. The average Bonchev–Trinajstić information content (AvgIpc) is 2.53. The van der Waals surface area contributed by atoms with Crippen LogP contribution in [0, 0.1) is 12.8 Å². The molecule has 0 saturated carbocycles. The normalized spacial score (nSPS) is 12.8. The fourth-order valence-electron chi connectivity index (χ4n) is 2.14. The van der Waals surface area contributed by atoms with Gasteiger partial charge in [0.1, 0.15) is 12.4 Å². The lowest BCUT2D eigenvalue weighted by Crippen LogP contribution is -2.30. The first-order chi connectivity index (χ1) is 11.3. The Morgan fingerprint density at radius 1 is 1.21 bits per heavy atom. The van der Waals surface area contributed by atoms with Crippen molar-refractivity contribution in [3.63, 3.8) is 0 Å². The molecule has 2 rings (SSSR count). The van der Waals surface area contributed by atoms with E-state index in [4.69, 9.17) is 21.1 Å². The molecule has 1 aromatic carbocycles. The molecule has 7 heteroatoms. The van der Waals surface area contributed by atoms with E-state index in [0.29, 0.717) is 27.8 Å². The standard InChI is InChI=1S/C17H17ClF3NO2/c1-11-7-16(23-2)22-9-15(11)24-10-13(17(19,20)21)8-12-3-5-14(18)6-4-12/h3-7,9,13H,8,10H2,1-2H3. The summed E-state index contributed by atoms with van der Waals surface area (Å²) in [5.74, 6) is -0.935. The summed E-state index contributed by atoms with van der Waals surface area (Å²) in [5.41, 5.74) is 1.21. The zero-order chi connectivity index (χ0) is 17.7. The van der Waals surface area contributed by atoms with Gasteiger partial charge in [0.25, 0.3) is 0 Å². The van der Waals surface area contributed by atoms with Crippen LogP contribution in [0.2, 0.25) is 5.02 Å². The lowest BCUT2D eigenvalue weighted by molar-refractivity contribution is -0.181. The van der Waals surface area contributed by atoms with E-state index in [1.807, 2.05) is 0 Å². The largest absolute Gasteiger partial charge is 0.491 e. The van der Waals surface area contributed by atoms with E-state index in [2.05, 4.69) is 4.98 Å². The van der Waals surface area contributed by atoms with Crippen LogP contribution in [0.15, 0.2) is 36.5 Å². The third kappa shape index (κ3) is 5.03. The van der Waals surface area contributed by atoms with E-state index < -0.39 is 18.7 Å². The summed E-state index contributed by atoms with van der Waals surface area (Å²) in [6.45, 7) is 1.24. The van der Waals surface area contributed by atoms with Gasteiger partial charge in [0.05, 0.1) is 19.2 Å². The Hall–Kier alpha value is -1.95. The minimum absolute atomic E-state index is 0.177. The number of alkyl halides is 3. The van der Waals surface area contributed by atoms with E-state index in [-0.39, 0.29) is 6.42 Å². The van der Waals surface area contributed by atoms with Crippen molar-refractivity contribution >= 4 is 11.6 Å². The molecular formula is C17H17ClF3NO2. The van der Waals surface area contributed by atoms with Gasteiger partial charge >= 0.3 is 6.18 Å². The van der Waals surface area contributed by atoms with Gasteiger partial charge in [-0.25, -0.2) is 4.98 Å². The van der Waals surface area contributed by atoms with Crippen molar-refractivity contribution in [2.24, 2.45) is 5.92 Å². The number of methoxy groups -OCH3 is 1. The molecule has 130 valence electrons. The molecule has 0 aliphatic heterocycles. The molecule has 0 fully saturated rings. The van der Waals surface area contributed by atoms with Gasteiger partial charge in [-0.1, -0.05) is 23.7 Å². The second-order valence-electron chi connectivity index (χ2n) is 5.37. The number of halogens is 4. The monoisotopic (exact) mass is 359 g/mol. The average molecular weight is 360 g/mol. The van der Waals surface area contributed by atoms with Crippen molar-refractivity contribution in [1.82, 2.24) is 4.98 Å². The zero-order valence-electron chi connectivity index (χ0n) is 13.2. The van der Waals surface area contributed by atoms with Gasteiger partial charge in [-0.15, -0.1) is 0 Å². The number of ether oxygens (including phenoxy) is 2. The van der Waals surface area contributed by atoms with Gasteiger partial charge in [0.15, 0.2) is 0 Å². The molecule has 1 unspecified atom stereocenters. The van der Waals surface area contributed by atoms with Gasteiger partial charge in [0.2, 0.25) is 5.88 Å². The smallest absolute Gasteiger partial charge is 0.395 e. The Balaban J connectivity index is 2.08. The fourth-order valence-corrected chi connectivity index (χ4v) is 2.27. The van der Waals surface area contributed by atoms with E-state index >= 15 is 0 Å². The van der Waals surface area contributed by atoms with E-state index in [0.717, 1.165) is 0 Å². The topological polar surface area (TPSA) is 31.4 Å². The van der Waals surface area contributed by atoms with Gasteiger partial charge < -0.3 is 9.47 Å². The van der Waals surface area contributed by atoms with E-state index in [9.17, 15) is 13.2 Å². The predicted octanol–water partition coefficient (Wildman–Crippen LogP) is 4.85. The summed E-state index contributed by atoms with van der Waals surface area (Å²) in [5, 5.41) is 0.485. The molecule has 0 amide bonds. The SMILES string of the molecule is COc1cc(C)c(OCC(Cc2ccc(Cl)cc2)C(F)(F)F)cn1. The molecule has 2 aromatic rings. The van der Waals surface area contributed by atoms with Gasteiger partial charge in [-0.2, -0.15) is 13.2 Å². The minimum Gasteiger partial charge on any atom is -0.491 e. The molecule has 0 saturated heterocycles. The van der Waals surface area contributed by atoms with E-state index in [1.54, 1.807) is 37.3 Å². The quantitative estimate of drug-likeness (QED) is 0.738. The molecule has 24 heavy (non-hydrogen) atoms. The molecule has 1 atom stereocenters. The molecular weight excluding hydrogens is 343 g/mol. The lowest BCUT2D eigenvalue weighted by Gasteiger charge is -2.21. The highest BCUT2D eigenvalue weighted by Crippen LogP contribution is 2.31. The highest BCUT2D eigenvalue weighted by molar-refractivity contribution is 6.30. The van der Waals surface area contributed by atoms with Crippen LogP contribution in [0.25, 0.3) is 0 Å². The summed E-state index contributed by atoms with van der Waals surface area (Å²) in [6.07, 6.45) is -3.18. The number of hydrogen-bond donors (Lipinski definition) is 0. The lowest BCUT2D eigenvalue weighted by atomic mass is 9.99. The molecule has 0 bridgehead atoms. The third-order valence-corrected chi connectivity index (χ3v) is 3.80. The van der Waals surface area contributed by atoms with Crippen LogP contribution in [-0.2, 0) is 6.42 Å². The van der Waals surface area contributed by atoms with Gasteiger partial charge in [0, 0.05) is 11.1 Å². The predicted molar refractivity (Wildman–Crippen MR) is 85.7 cm³/mol. The van der Waals surface area contributed by atoms with Crippen LogP contribution < -0.4 is 9.47 Å².